The van der Waals surface area contributed by atoms with Crippen LogP contribution in [0.2, 0.25) is 0 Å². The number of primary sulfonamides is 1. The molecule has 114 valence electrons. The van der Waals surface area contributed by atoms with E-state index in [-0.39, 0.29) is 22.8 Å². The fourth-order valence-electron chi connectivity index (χ4n) is 1.36. The predicted molar refractivity (Wildman–Crippen MR) is 79.6 cm³/mol. The van der Waals surface area contributed by atoms with Crippen LogP contribution in [0, 0.1) is 0 Å². The minimum Gasteiger partial charge on any atom is -0.399 e. The summed E-state index contributed by atoms with van der Waals surface area (Å²) < 4.78 is 45.1. The average Bonchev–Trinajstić information content (AvgIpc) is 2.24. The molecule has 0 saturated heterocycles. The molecule has 0 fully saturated rings. The number of sulfone groups is 1. The van der Waals surface area contributed by atoms with Gasteiger partial charge in [-0.2, -0.15) is 0 Å². The third kappa shape index (κ3) is 3.84. The summed E-state index contributed by atoms with van der Waals surface area (Å²) in [5, 5.41) is 7.91. The zero-order valence-electron chi connectivity index (χ0n) is 11.5. The van der Waals surface area contributed by atoms with Gasteiger partial charge < -0.3 is 11.1 Å². The first kappa shape index (κ1) is 16.7. The van der Waals surface area contributed by atoms with E-state index in [2.05, 4.69) is 5.32 Å². The molecule has 0 amide bonds. The van der Waals surface area contributed by atoms with E-state index in [4.69, 9.17) is 10.9 Å². The lowest BCUT2D eigenvalue weighted by atomic mass is 10.2. The van der Waals surface area contributed by atoms with E-state index in [1.165, 1.54) is 18.2 Å². The molecule has 0 saturated carbocycles. The minimum absolute atomic E-state index is 0.0400. The molecule has 1 aromatic carbocycles. The van der Waals surface area contributed by atoms with Crippen LogP contribution < -0.4 is 16.2 Å². The molecular weight excluding hydrogens is 302 g/mol. The van der Waals surface area contributed by atoms with Crippen molar-refractivity contribution in [3.05, 3.63) is 18.2 Å². The van der Waals surface area contributed by atoms with E-state index in [1.807, 2.05) is 0 Å². The molecule has 0 aliphatic carbocycles. The maximum Gasteiger partial charge on any atom is 0.240 e. The van der Waals surface area contributed by atoms with Gasteiger partial charge >= 0.3 is 0 Å². The van der Waals surface area contributed by atoms with Crippen molar-refractivity contribution < 1.29 is 16.8 Å². The molecule has 9 heteroatoms. The maximum atomic E-state index is 11.6. The monoisotopic (exact) mass is 321 g/mol. The Labute approximate surface area is 119 Å². The highest BCUT2D eigenvalue weighted by molar-refractivity contribution is 7.92. The number of nitrogens with two attached hydrogens (primary N) is 2. The fourth-order valence-corrected chi connectivity index (χ4v) is 2.44. The number of sulfonamides is 1. The highest BCUT2D eigenvalue weighted by Gasteiger charge is 2.30. The standard InChI is InChI=1S/C11H19N3O4S2/c1-11(2,19(3,15)16)7-14-9-5-4-8(12)6-10(9)20(13,17)18/h4-6,14H,7,12H2,1-3H3,(H2,13,17,18). The third-order valence-corrected chi connectivity index (χ3v) is 6.12. The Morgan fingerprint density at radius 3 is 2.20 bits per heavy atom. The van der Waals surface area contributed by atoms with Crippen molar-refractivity contribution in [1.29, 1.82) is 0 Å². The van der Waals surface area contributed by atoms with Gasteiger partial charge in [0, 0.05) is 18.5 Å². The van der Waals surface area contributed by atoms with Crippen LogP contribution in [0.15, 0.2) is 23.1 Å². The van der Waals surface area contributed by atoms with E-state index in [0.29, 0.717) is 0 Å². The van der Waals surface area contributed by atoms with E-state index >= 15 is 0 Å². The van der Waals surface area contributed by atoms with Crippen molar-refractivity contribution in [2.45, 2.75) is 23.5 Å². The lowest BCUT2D eigenvalue weighted by Crippen LogP contribution is -2.38. The zero-order valence-corrected chi connectivity index (χ0v) is 13.2. The second kappa shape index (κ2) is 5.23. The van der Waals surface area contributed by atoms with Crippen LogP contribution >= 0.6 is 0 Å². The van der Waals surface area contributed by atoms with Gasteiger partial charge in [-0.25, -0.2) is 22.0 Å². The first-order valence-electron chi connectivity index (χ1n) is 5.70. The first-order valence-corrected chi connectivity index (χ1v) is 9.14. The summed E-state index contributed by atoms with van der Waals surface area (Å²) in [6.45, 7) is 3.13. The molecule has 1 aromatic rings. The SMILES string of the molecule is CC(C)(CNc1ccc(N)cc1S(N)(=O)=O)S(C)(=O)=O. The number of benzene rings is 1. The quantitative estimate of drug-likeness (QED) is 0.661. The van der Waals surface area contributed by atoms with Gasteiger partial charge in [0.1, 0.15) is 4.90 Å². The summed E-state index contributed by atoms with van der Waals surface area (Å²) in [7, 11) is -7.25. The molecule has 0 bridgehead atoms. The molecule has 0 aliphatic rings. The molecule has 0 aromatic heterocycles. The number of rotatable bonds is 5. The van der Waals surface area contributed by atoms with Gasteiger partial charge in [-0.15, -0.1) is 0 Å². The number of nitrogen functional groups attached to an aromatic ring is 1. The smallest absolute Gasteiger partial charge is 0.240 e. The van der Waals surface area contributed by atoms with E-state index in [0.717, 1.165) is 6.26 Å². The van der Waals surface area contributed by atoms with E-state index in [9.17, 15) is 16.8 Å². The lowest BCUT2D eigenvalue weighted by molar-refractivity contribution is 0.559. The molecule has 7 nitrogen and oxygen atoms in total. The summed E-state index contributed by atoms with van der Waals surface area (Å²) in [5.74, 6) is 0. The van der Waals surface area contributed by atoms with E-state index in [1.54, 1.807) is 13.8 Å². The Hall–Kier alpha value is -1.32. The maximum absolute atomic E-state index is 11.6. The van der Waals surface area contributed by atoms with Gasteiger partial charge in [-0.3, -0.25) is 0 Å². The summed E-state index contributed by atoms with van der Waals surface area (Å²) in [5.41, 5.74) is 6.00. The van der Waals surface area contributed by atoms with Gasteiger partial charge in [-0.1, -0.05) is 0 Å². The van der Waals surface area contributed by atoms with Crippen molar-refractivity contribution in [2.75, 3.05) is 23.9 Å². The summed E-state index contributed by atoms with van der Waals surface area (Å²) in [6, 6.07) is 4.18. The molecule has 20 heavy (non-hydrogen) atoms. The zero-order chi connectivity index (χ0) is 15.8. The Bertz CT molecular complexity index is 709. The molecule has 5 N–H and O–H groups in total. The van der Waals surface area contributed by atoms with Crippen LogP contribution in [0.5, 0.6) is 0 Å². The number of hydrogen-bond donors (Lipinski definition) is 3. The minimum atomic E-state index is -3.95. The van der Waals surface area contributed by atoms with Gasteiger partial charge in [0.2, 0.25) is 10.0 Å². The van der Waals surface area contributed by atoms with Crippen LogP contribution in [0.25, 0.3) is 0 Å². The summed E-state index contributed by atoms with van der Waals surface area (Å²) in [6.07, 6.45) is 1.12. The van der Waals surface area contributed by atoms with E-state index < -0.39 is 24.6 Å². The molecule has 1 rings (SSSR count). The Kier molecular flexibility index (Phi) is 4.37. The molecular formula is C11H19N3O4S2. The lowest BCUT2D eigenvalue weighted by Gasteiger charge is -2.24. The van der Waals surface area contributed by atoms with Gasteiger partial charge in [0.05, 0.1) is 10.4 Å². The molecule has 0 spiro atoms. The van der Waals surface area contributed by atoms with Gasteiger partial charge in [0.15, 0.2) is 9.84 Å². The Morgan fingerprint density at radius 1 is 1.20 bits per heavy atom. The molecule has 0 heterocycles. The van der Waals surface area contributed by atoms with Crippen molar-refractivity contribution in [3.63, 3.8) is 0 Å². The number of nitrogens with one attached hydrogen (secondary N) is 1. The Balaban J connectivity index is 3.13. The van der Waals surface area contributed by atoms with Crippen LogP contribution in [0.1, 0.15) is 13.8 Å². The summed E-state index contributed by atoms with van der Waals surface area (Å²) >= 11 is 0. The highest BCUT2D eigenvalue weighted by atomic mass is 32.2. The number of anilines is 2. The van der Waals surface area contributed by atoms with Gasteiger partial charge in [0.25, 0.3) is 0 Å². The molecule has 0 aliphatic heterocycles. The molecule has 0 unspecified atom stereocenters. The van der Waals surface area contributed by atoms with Crippen molar-refractivity contribution in [3.8, 4) is 0 Å². The molecule has 0 radical (unpaired) electrons. The normalized spacial score (nSPS) is 13.2. The summed E-state index contributed by atoms with van der Waals surface area (Å²) in [4.78, 5) is -0.165. The fraction of sp³-hybridized carbons (Fsp3) is 0.455. The third-order valence-electron chi connectivity index (χ3n) is 3.02. The van der Waals surface area contributed by atoms with Gasteiger partial charge in [-0.05, 0) is 32.0 Å². The van der Waals surface area contributed by atoms with Crippen LogP contribution in [0.4, 0.5) is 11.4 Å². The number of hydrogen-bond acceptors (Lipinski definition) is 6. The second-order valence-electron chi connectivity index (χ2n) is 5.19. The van der Waals surface area contributed by atoms with Crippen LogP contribution in [-0.2, 0) is 19.9 Å². The second-order valence-corrected chi connectivity index (χ2v) is 9.37. The largest absolute Gasteiger partial charge is 0.399 e. The Morgan fingerprint density at radius 2 is 1.75 bits per heavy atom. The van der Waals surface area contributed by atoms with Crippen LogP contribution in [-0.4, -0.2) is 34.4 Å². The van der Waals surface area contributed by atoms with Crippen molar-refractivity contribution in [2.24, 2.45) is 5.14 Å². The van der Waals surface area contributed by atoms with Crippen LogP contribution in [0.3, 0.4) is 0 Å². The topological polar surface area (TPSA) is 132 Å². The van der Waals surface area contributed by atoms with Crippen molar-refractivity contribution >= 4 is 31.2 Å². The first-order chi connectivity index (χ1) is 8.84. The highest BCUT2D eigenvalue weighted by Crippen LogP contribution is 2.24. The van der Waals surface area contributed by atoms with Crippen molar-refractivity contribution in [1.82, 2.24) is 0 Å². The predicted octanol–water partition coefficient (Wildman–Crippen LogP) is 0.151. The molecule has 0 atom stereocenters. The average molecular weight is 321 g/mol.